The van der Waals surface area contributed by atoms with Gasteiger partial charge in [0.2, 0.25) is 0 Å². The maximum absolute atomic E-state index is 10.3. The van der Waals surface area contributed by atoms with Gasteiger partial charge in [-0.3, -0.25) is 4.79 Å². The number of nitrogens with two attached hydrogens (primary N) is 1. The minimum Gasteiger partial charge on any atom is -0.481 e. The van der Waals surface area contributed by atoms with Crippen molar-refractivity contribution >= 4 is 29.7 Å². The van der Waals surface area contributed by atoms with Crippen LogP contribution in [0.25, 0.3) is 0 Å². The zero-order chi connectivity index (χ0) is 8.97. The van der Waals surface area contributed by atoms with Crippen molar-refractivity contribution in [3.8, 4) is 0 Å². The molecule has 0 aliphatic heterocycles. The Morgan fingerprint density at radius 2 is 2.38 bits per heavy atom. The summed E-state index contributed by atoms with van der Waals surface area (Å²) in [6.45, 7) is 0. The van der Waals surface area contributed by atoms with Crippen LogP contribution in [0.1, 0.15) is 11.3 Å². The van der Waals surface area contributed by atoms with Gasteiger partial charge in [0.1, 0.15) is 0 Å². The van der Waals surface area contributed by atoms with Gasteiger partial charge >= 0.3 is 5.97 Å². The van der Waals surface area contributed by atoms with Gasteiger partial charge in [-0.05, 0) is 17.9 Å². The molecule has 0 aromatic carbocycles. The Balaban J connectivity index is 0.00000144. The Kier molecular flexibility index (Phi) is 5.70. The lowest BCUT2D eigenvalue weighted by molar-refractivity contribution is -0.137. The van der Waals surface area contributed by atoms with Gasteiger partial charge in [-0.1, -0.05) is 6.07 Å². The van der Waals surface area contributed by atoms with E-state index in [1.54, 1.807) is 11.3 Å². The van der Waals surface area contributed by atoms with Gasteiger partial charge in [-0.2, -0.15) is 0 Å². The first-order valence-corrected chi connectivity index (χ1v) is 4.56. The third-order valence-electron chi connectivity index (χ3n) is 1.48. The number of carboxylic acids is 1. The second kappa shape index (κ2) is 5.96. The summed E-state index contributed by atoms with van der Waals surface area (Å²) in [5.74, 6) is -0.834. The molecular formula is C8H12ClNO2S. The molecule has 0 spiro atoms. The van der Waals surface area contributed by atoms with Crippen molar-refractivity contribution < 1.29 is 9.90 Å². The highest BCUT2D eigenvalue weighted by Gasteiger charge is 2.08. The standard InChI is InChI=1S/C8H11NO2S.ClH/c9-6(5-8(10)11)4-7-2-1-3-12-7;/h1-3,6H,4-5,9H2,(H,10,11);1H/t6-;/m1./s1. The Morgan fingerprint density at radius 3 is 2.85 bits per heavy atom. The minimum atomic E-state index is -0.834. The van der Waals surface area contributed by atoms with Crippen molar-refractivity contribution in [3.05, 3.63) is 22.4 Å². The average Bonchev–Trinajstić information content (AvgIpc) is 2.37. The van der Waals surface area contributed by atoms with Crippen molar-refractivity contribution in [2.45, 2.75) is 18.9 Å². The molecule has 0 saturated heterocycles. The van der Waals surface area contributed by atoms with E-state index in [-0.39, 0.29) is 24.9 Å². The van der Waals surface area contributed by atoms with E-state index in [2.05, 4.69) is 0 Å². The largest absolute Gasteiger partial charge is 0.481 e. The van der Waals surface area contributed by atoms with Crippen molar-refractivity contribution in [1.82, 2.24) is 0 Å². The molecule has 0 unspecified atom stereocenters. The first-order valence-electron chi connectivity index (χ1n) is 3.68. The SMILES string of the molecule is Cl.N[C@@H](CC(=O)O)Cc1cccs1. The number of carbonyl (C=O) groups is 1. The van der Waals surface area contributed by atoms with Gasteiger partial charge in [-0.15, -0.1) is 23.7 Å². The number of aliphatic carboxylic acids is 1. The molecule has 5 heteroatoms. The third kappa shape index (κ3) is 4.87. The molecule has 0 radical (unpaired) electrons. The molecule has 1 heterocycles. The molecule has 0 amide bonds. The maximum Gasteiger partial charge on any atom is 0.304 e. The smallest absolute Gasteiger partial charge is 0.304 e. The molecule has 1 atom stereocenters. The van der Waals surface area contributed by atoms with E-state index in [0.29, 0.717) is 6.42 Å². The van der Waals surface area contributed by atoms with Crippen LogP contribution in [0, 0.1) is 0 Å². The van der Waals surface area contributed by atoms with Crippen LogP contribution in [-0.2, 0) is 11.2 Å². The van der Waals surface area contributed by atoms with Crippen LogP contribution in [0.15, 0.2) is 17.5 Å². The number of hydrogen-bond acceptors (Lipinski definition) is 3. The summed E-state index contributed by atoms with van der Waals surface area (Å²) in [5.41, 5.74) is 5.59. The van der Waals surface area contributed by atoms with Crippen molar-refractivity contribution in [2.75, 3.05) is 0 Å². The molecular weight excluding hydrogens is 210 g/mol. The molecule has 3 N–H and O–H groups in total. The molecule has 1 aromatic heterocycles. The highest BCUT2D eigenvalue weighted by atomic mass is 35.5. The van der Waals surface area contributed by atoms with Crippen molar-refractivity contribution in [3.63, 3.8) is 0 Å². The summed E-state index contributed by atoms with van der Waals surface area (Å²) in [5, 5.41) is 10.4. The number of hydrogen-bond donors (Lipinski definition) is 2. The van der Waals surface area contributed by atoms with Crippen LogP contribution in [0.3, 0.4) is 0 Å². The van der Waals surface area contributed by atoms with Gasteiger partial charge in [0, 0.05) is 10.9 Å². The van der Waals surface area contributed by atoms with Gasteiger partial charge in [0.25, 0.3) is 0 Å². The molecule has 3 nitrogen and oxygen atoms in total. The molecule has 1 rings (SSSR count). The number of thiophene rings is 1. The zero-order valence-corrected chi connectivity index (χ0v) is 8.61. The molecule has 0 aliphatic rings. The summed E-state index contributed by atoms with van der Waals surface area (Å²) in [4.78, 5) is 11.4. The lowest BCUT2D eigenvalue weighted by Crippen LogP contribution is -2.25. The minimum absolute atomic E-state index is 0. The van der Waals surface area contributed by atoms with Crippen molar-refractivity contribution in [1.29, 1.82) is 0 Å². The fourth-order valence-electron chi connectivity index (χ4n) is 0.984. The highest BCUT2D eigenvalue weighted by Crippen LogP contribution is 2.11. The first-order chi connectivity index (χ1) is 5.68. The van der Waals surface area contributed by atoms with E-state index in [0.717, 1.165) is 4.88 Å². The molecule has 1 aromatic rings. The van der Waals surface area contributed by atoms with E-state index in [1.165, 1.54) is 0 Å². The molecule has 0 saturated carbocycles. The quantitative estimate of drug-likeness (QED) is 0.810. The summed E-state index contributed by atoms with van der Waals surface area (Å²) < 4.78 is 0. The summed E-state index contributed by atoms with van der Waals surface area (Å²) in [6, 6.07) is 3.64. The summed E-state index contributed by atoms with van der Waals surface area (Å²) >= 11 is 1.61. The zero-order valence-electron chi connectivity index (χ0n) is 6.97. The first kappa shape index (κ1) is 12.4. The lowest BCUT2D eigenvalue weighted by atomic mass is 10.1. The second-order valence-corrected chi connectivity index (χ2v) is 3.67. The van der Waals surface area contributed by atoms with Crippen LogP contribution in [0.2, 0.25) is 0 Å². The number of rotatable bonds is 4. The Bertz CT molecular complexity index is 251. The Hall–Kier alpha value is -0.580. The predicted octanol–water partition coefficient (Wildman–Crippen LogP) is 1.51. The van der Waals surface area contributed by atoms with E-state index >= 15 is 0 Å². The molecule has 0 bridgehead atoms. The van der Waals surface area contributed by atoms with Crippen LogP contribution < -0.4 is 5.73 Å². The monoisotopic (exact) mass is 221 g/mol. The molecule has 0 aliphatic carbocycles. The van der Waals surface area contributed by atoms with Gasteiger partial charge in [0.15, 0.2) is 0 Å². The fraction of sp³-hybridized carbons (Fsp3) is 0.375. The number of halogens is 1. The summed E-state index contributed by atoms with van der Waals surface area (Å²) in [7, 11) is 0. The molecule has 0 fully saturated rings. The van der Waals surface area contributed by atoms with Crippen LogP contribution in [0.4, 0.5) is 0 Å². The average molecular weight is 222 g/mol. The summed E-state index contributed by atoms with van der Waals surface area (Å²) in [6.07, 6.45) is 0.696. The highest BCUT2D eigenvalue weighted by molar-refractivity contribution is 7.09. The van der Waals surface area contributed by atoms with Crippen molar-refractivity contribution in [2.24, 2.45) is 5.73 Å². The van der Waals surface area contributed by atoms with Gasteiger partial charge < -0.3 is 10.8 Å². The van der Waals surface area contributed by atoms with Crippen LogP contribution in [0.5, 0.6) is 0 Å². The van der Waals surface area contributed by atoms with Crippen LogP contribution in [-0.4, -0.2) is 17.1 Å². The van der Waals surface area contributed by atoms with Gasteiger partial charge in [-0.25, -0.2) is 0 Å². The van der Waals surface area contributed by atoms with E-state index < -0.39 is 5.97 Å². The van der Waals surface area contributed by atoms with E-state index in [9.17, 15) is 4.79 Å². The normalized spacial score (nSPS) is 11.8. The fourth-order valence-corrected chi connectivity index (χ4v) is 1.78. The van der Waals surface area contributed by atoms with E-state index in [4.69, 9.17) is 10.8 Å². The third-order valence-corrected chi connectivity index (χ3v) is 2.38. The molecule has 13 heavy (non-hydrogen) atoms. The number of carboxylic acid groups (broad SMARTS) is 1. The Labute approximate surface area is 87.0 Å². The lowest BCUT2D eigenvalue weighted by Gasteiger charge is -2.05. The Morgan fingerprint density at radius 1 is 1.69 bits per heavy atom. The predicted molar refractivity (Wildman–Crippen MR) is 55.5 cm³/mol. The second-order valence-electron chi connectivity index (χ2n) is 2.64. The van der Waals surface area contributed by atoms with Gasteiger partial charge in [0.05, 0.1) is 6.42 Å². The molecule has 74 valence electrons. The maximum atomic E-state index is 10.3. The topological polar surface area (TPSA) is 63.3 Å². The van der Waals surface area contributed by atoms with Crippen LogP contribution >= 0.6 is 23.7 Å². The van der Waals surface area contributed by atoms with E-state index in [1.807, 2.05) is 17.5 Å².